The van der Waals surface area contributed by atoms with Crippen molar-refractivity contribution >= 4 is 43.8 Å². The third kappa shape index (κ3) is 3.80. The summed E-state index contributed by atoms with van der Waals surface area (Å²) in [4.78, 5) is 20.4. The maximum atomic E-state index is 12.5. The number of hydrogen-bond donors (Lipinski definition) is 3. The summed E-state index contributed by atoms with van der Waals surface area (Å²) in [6.07, 6.45) is 0. The van der Waals surface area contributed by atoms with Gasteiger partial charge >= 0.3 is 0 Å². The fourth-order valence-electron chi connectivity index (χ4n) is 3.24. The number of nitrogens with zero attached hydrogens (tertiary/aromatic N) is 2. The average molecular weight is 475 g/mol. The first-order valence-corrected chi connectivity index (χ1v) is 10.2. The first kappa shape index (κ1) is 19.1. The molecule has 5 rings (SSSR count). The molecule has 0 spiro atoms. The van der Waals surface area contributed by atoms with Gasteiger partial charge in [-0.25, -0.2) is 10.4 Å². The SMILES string of the molecule is O=C(N/N=c1\oc2cc(O)ccc2cc1-c1nc2ccccc2[nH]1)c1cccc(Br)c1. The predicted molar refractivity (Wildman–Crippen MR) is 120 cm³/mol. The standard InChI is InChI=1S/C23H15BrN4O3/c24-15-5-3-4-14(10-15)22(30)27-28-23-17(11-13-8-9-16(29)12-20(13)31-23)21-25-18-6-1-2-7-19(18)26-21/h1-12,29H,(H,25,26)(H,27,30)/b28-23-. The third-order valence-electron chi connectivity index (χ3n) is 4.72. The number of halogens is 1. The maximum absolute atomic E-state index is 12.5. The number of aromatic hydroxyl groups is 1. The Balaban J connectivity index is 1.65. The van der Waals surface area contributed by atoms with Crippen molar-refractivity contribution in [2.24, 2.45) is 5.10 Å². The van der Waals surface area contributed by atoms with Crippen LogP contribution in [-0.2, 0) is 0 Å². The highest BCUT2D eigenvalue weighted by Crippen LogP contribution is 2.24. The van der Waals surface area contributed by atoms with E-state index in [1.54, 1.807) is 30.3 Å². The highest BCUT2D eigenvalue weighted by molar-refractivity contribution is 9.10. The Morgan fingerprint density at radius 2 is 1.94 bits per heavy atom. The molecule has 1 amide bonds. The van der Waals surface area contributed by atoms with Crippen LogP contribution >= 0.6 is 15.9 Å². The Hall–Kier alpha value is -3.91. The van der Waals surface area contributed by atoms with E-state index >= 15 is 0 Å². The van der Waals surface area contributed by atoms with Gasteiger partial charge in [-0.15, -0.1) is 5.10 Å². The summed E-state index contributed by atoms with van der Waals surface area (Å²) in [5.41, 5.74) is 5.80. The van der Waals surface area contributed by atoms with E-state index in [0.717, 1.165) is 20.9 Å². The number of benzene rings is 3. The van der Waals surface area contributed by atoms with Gasteiger partial charge in [0.1, 0.15) is 17.2 Å². The number of nitrogens with one attached hydrogen (secondary N) is 2. The summed E-state index contributed by atoms with van der Waals surface area (Å²) < 4.78 is 6.71. The lowest BCUT2D eigenvalue weighted by atomic mass is 10.1. The number of imidazole rings is 1. The van der Waals surface area contributed by atoms with Gasteiger partial charge < -0.3 is 14.5 Å². The molecule has 0 aliphatic rings. The molecule has 3 N–H and O–H groups in total. The van der Waals surface area contributed by atoms with Gasteiger partial charge in [0.25, 0.3) is 5.91 Å². The molecule has 3 aromatic carbocycles. The molecule has 152 valence electrons. The van der Waals surface area contributed by atoms with E-state index in [0.29, 0.717) is 22.5 Å². The zero-order valence-corrected chi connectivity index (χ0v) is 17.6. The molecule has 0 saturated heterocycles. The second-order valence-electron chi connectivity index (χ2n) is 6.85. The molecule has 8 heteroatoms. The van der Waals surface area contributed by atoms with Crippen LogP contribution in [0.4, 0.5) is 0 Å². The number of rotatable bonds is 3. The van der Waals surface area contributed by atoms with Crippen molar-refractivity contribution in [2.75, 3.05) is 0 Å². The zero-order valence-electron chi connectivity index (χ0n) is 16.0. The van der Waals surface area contributed by atoms with Crippen molar-refractivity contribution < 1.29 is 14.3 Å². The fraction of sp³-hybridized carbons (Fsp3) is 0. The van der Waals surface area contributed by atoms with Gasteiger partial charge in [0.05, 0.1) is 16.6 Å². The minimum absolute atomic E-state index is 0.0665. The lowest BCUT2D eigenvalue weighted by Crippen LogP contribution is -2.22. The van der Waals surface area contributed by atoms with E-state index in [1.165, 1.54) is 6.07 Å². The van der Waals surface area contributed by atoms with E-state index in [-0.39, 0.29) is 17.2 Å². The van der Waals surface area contributed by atoms with Gasteiger partial charge in [-0.2, -0.15) is 0 Å². The quantitative estimate of drug-likeness (QED) is 0.330. The highest BCUT2D eigenvalue weighted by Gasteiger charge is 2.13. The average Bonchev–Trinajstić information content (AvgIpc) is 3.21. The molecule has 0 aliphatic carbocycles. The number of aromatic nitrogens is 2. The Morgan fingerprint density at radius 1 is 1.06 bits per heavy atom. The third-order valence-corrected chi connectivity index (χ3v) is 5.22. The van der Waals surface area contributed by atoms with Crippen molar-refractivity contribution in [3.63, 3.8) is 0 Å². The minimum atomic E-state index is -0.386. The zero-order chi connectivity index (χ0) is 21.4. The van der Waals surface area contributed by atoms with Gasteiger partial charge in [0, 0.05) is 21.5 Å². The Kier molecular flexibility index (Phi) is 4.76. The molecular weight excluding hydrogens is 460 g/mol. The fourth-order valence-corrected chi connectivity index (χ4v) is 3.64. The van der Waals surface area contributed by atoms with Crippen LogP contribution in [0.15, 0.2) is 86.8 Å². The topological polar surface area (TPSA) is 104 Å². The molecule has 5 aromatic rings. The van der Waals surface area contributed by atoms with Crippen LogP contribution in [0.1, 0.15) is 10.4 Å². The Labute approximate surface area is 184 Å². The van der Waals surface area contributed by atoms with Gasteiger partial charge in [0.15, 0.2) is 0 Å². The number of amides is 1. The van der Waals surface area contributed by atoms with E-state index in [2.05, 4.69) is 36.4 Å². The number of aromatic amines is 1. The van der Waals surface area contributed by atoms with Crippen molar-refractivity contribution in [1.82, 2.24) is 15.4 Å². The number of H-pyrrole nitrogens is 1. The Morgan fingerprint density at radius 3 is 2.77 bits per heavy atom. The maximum Gasteiger partial charge on any atom is 0.271 e. The van der Waals surface area contributed by atoms with Gasteiger partial charge in [-0.05, 0) is 48.5 Å². The monoisotopic (exact) mass is 474 g/mol. The second kappa shape index (κ2) is 7.73. The molecule has 0 saturated carbocycles. The summed E-state index contributed by atoms with van der Waals surface area (Å²) in [6, 6.07) is 21.3. The summed E-state index contributed by atoms with van der Waals surface area (Å²) in [5, 5.41) is 14.8. The van der Waals surface area contributed by atoms with Gasteiger partial charge in [-0.1, -0.05) is 34.1 Å². The van der Waals surface area contributed by atoms with Gasteiger partial charge in [-0.3, -0.25) is 4.79 Å². The predicted octanol–water partition coefficient (Wildman–Crippen LogP) is 4.69. The van der Waals surface area contributed by atoms with Crippen LogP contribution in [0, 0.1) is 0 Å². The lowest BCUT2D eigenvalue weighted by Gasteiger charge is -2.04. The molecule has 0 aliphatic heterocycles. The van der Waals surface area contributed by atoms with Crippen LogP contribution < -0.4 is 11.0 Å². The van der Waals surface area contributed by atoms with Crippen molar-refractivity contribution in [3.05, 3.63) is 88.4 Å². The summed E-state index contributed by atoms with van der Waals surface area (Å²) in [7, 11) is 0. The largest absolute Gasteiger partial charge is 0.508 e. The molecule has 2 heterocycles. The molecule has 0 radical (unpaired) electrons. The van der Waals surface area contributed by atoms with Crippen LogP contribution in [0.25, 0.3) is 33.4 Å². The molecule has 2 aromatic heterocycles. The highest BCUT2D eigenvalue weighted by atomic mass is 79.9. The van der Waals surface area contributed by atoms with E-state index in [1.807, 2.05) is 36.4 Å². The first-order valence-electron chi connectivity index (χ1n) is 9.38. The Bertz CT molecular complexity index is 1490. The van der Waals surface area contributed by atoms with Crippen molar-refractivity contribution in [3.8, 4) is 17.1 Å². The van der Waals surface area contributed by atoms with Crippen LogP contribution in [-0.4, -0.2) is 21.0 Å². The van der Waals surface area contributed by atoms with E-state index < -0.39 is 0 Å². The second-order valence-corrected chi connectivity index (χ2v) is 7.77. The molecule has 0 fully saturated rings. The lowest BCUT2D eigenvalue weighted by molar-refractivity contribution is 0.0951. The van der Waals surface area contributed by atoms with Gasteiger partial charge in [0.2, 0.25) is 5.55 Å². The number of carbonyl (C=O) groups excluding carboxylic acids is 1. The normalized spacial score (nSPS) is 11.8. The molecule has 0 unspecified atom stereocenters. The van der Waals surface area contributed by atoms with Crippen molar-refractivity contribution in [1.29, 1.82) is 0 Å². The molecule has 0 bridgehead atoms. The number of hydrogen-bond acceptors (Lipinski definition) is 5. The van der Waals surface area contributed by atoms with E-state index in [4.69, 9.17) is 4.42 Å². The smallest absolute Gasteiger partial charge is 0.271 e. The number of para-hydroxylation sites is 2. The number of fused-ring (bicyclic) bond motifs is 2. The number of phenolic OH excluding ortho intramolecular Hbond substituents is 1. The van der Waals surface area contributed by atoms with Crippen LogP contribution in [0.3, 0.4) is 0 Å². The first-order chi connectivity index (χ1) is 15.1. The molecule has 0 atom stereocenters. The summed E-state index contributed by atoms with van der Waals surface area (Å²) in [6.45, 7) is 0. The molecule has 7 nitrogen and oxygen atoms in total. The molecule has 31 heavy (non-hydrogen) atoms. The van der Waals surface area contributed by atoms with Crippen LogP contribution in [0.5, 0.6) is 5.75 Å². The van der Waals surface area contributed by atoms with Crippen molar-refractivity contribution in [2.45, 2.75) is 0 Å². The summed E-state index contributed by atoms with van der Waals surface area (Å²) >= 11 is 3.35. The summed E-state index contributed by atoms with van der Waals surface area (Å²) in [5.74, 6) is 0.232. The van der Waals surface area contributed by atoms with Crippen LogP contribution in [0.2, 0.25) is 0 Å². The molecular formula is C23H15BrN4O3. The minimum Gasteiger partial charge on any atom is -0.508 e. The van der Waals surface area contributed by atoms with E-state index in [9.17, 15) is 9.90 Å². The number of carbonyl (C=O) groups is 1. The number of phenols is 1.